The largest absolute Gasteiger partial charge is 0.462 e. The van der Waals surface area contributed by atoms with Gasteiger partial charge in [0.15, 0.2) is 0 Å². The number of esters is 1. The fourth-order valence-electron chi connectivity index (χ4n) is 1.46. The molecule has 0 bridgehead atoms. The molecule has 18 heavy (non-hydrogen) atoms. The Morgan fingerprint density at radius 1 is 1.11 bits per heavy atom. The second-order valence-electron chi connectivity index (χ2n) is 4.26. The Labute approximate surface area is 110 Å². The van der Waals surface area contributed by atoms with Crippen LogP contribution in [-0.4, -0.2) is 33.1 Å². The van der Waals surface area contributed by atoms with Crippen LogP contribution in [0.15, 0.2) is 12.2 Å². The number of rotatable bonds is 12. The lowest BCUT2D eigenvalue weighted by molar-refractivity contribution is -0.140. The van der Waals surface area contributed by atoms with Gasteiger partial charge in [0.1, 0.15) is 6.79 Å². The lowest BCUT2D eigenvalue weighted by atomic mass is 10.1. The molecule has 0 aromatic rings. The van der Waals surface area contributed by atoms with Crippen molar-refractivity contribution in [2.45, 2.75) is 45.4 Å². The summed E-state index contributed by atoms with van der Waals surface area (Å²) in [5, 5.41) is 0. The number of methoxy groups -OCH3 is 1. The first-order chi connectivity index (χ1) is 8.72. The summed E-state index contributed by atoms with van der Waals surface area (Å²) in [4.78, 5) is 11.4. The molecule has 106 valence electrons. The fourth-order valence-corrected chi connectivity index (χ4v) is 1.46. The van der Waals surface area contributed by atoms with E-state index in [1.807, 2.05) is 0 Å². The normalized spacial score (nSPS) is 10.3. The van der Waals surface area contributed by atoms with Gasteiger partial charge in [-0.25, -0.2) is 4.79 Å². The summed E-state index contributed by atoms with van der Waals surface area (Å²) in [6.07, 6.45) is 7.04. The molecule has 0 unspecified atom stereocenters. The maximum Gasteiger partial charge on any atom is 0.335 e. The van der Waals surface area contributed by atoms with Gasteiger partial charge in [-0.1, -0.05) is 45.6 Å². The molecule has 0 fully saturated rings. The molecule has 0 amide bonds. The van der Waals surface area contributed by atoms with Crippen molar-refractivity contribution in [2.75, 3.05) is 27.1 Å². The topological polar surface area (TPSA) is 44.8 Å². The van der Waals surface area contributed by atoms with Gasteiger partial charge in [-0.2, -0.15) is 0 Å². The van der Waals surface area contributed by atoms with Gasteiger partial charge in [0.05, 0.1) is 18.8 Å². The standard InChI is InChI=1S/C14H26O4/c1-4-5-6-7-8-9-10-18-14(15)13(2)11-17-12-16-3/h2,4-12H2,1,3H3. The highest BCUT2D eigenvalue weighted by atomic mass is 16.7. The van der Waals surface area contributed by atoms with Crippen LogP contribution in [0.5, 0.6) is 0 Å². The molecule has 0 aromatic heterocycles. The van der Waals surface area contributed by atoms with Crippen LogP contribution >= 0.6 is 0 Å². The predicted molar refractivity (Wildman–Crippen MR) is 71.3 cm³/mol. The molecule has 0 aliphatic rings. The summed E-state index contributed by atoms with van der Waals surface area (Å²) in [7, 11) is 1.53. The zero-order valence-electron chi connectivity index (χ0n) is 11.7. The summed E-state index contributed by atoms with van der Waals surface area (Å²) in [5.74, 6) is -0.375. The third kappa shape index (κ3) is 10.3. The van der Waals surface area contributed by atoms with E-state index in [2.05, 4.69) is 13.5 Å². The van der Waals surface area contributed by atoms with Crippen molar-refractivity contribution in [1.29, 1.82) is 0 Å². The Morgan fingerprint density at radius 2 is 1.78 bits per heavy atom. The van der Waals surface area contributed by atoms with Crippen LogP contribution in [0, 0.1) is 0 Å². The summed E-state index contributed by atoms with van der Waals surface area (Å²) >= 11 is 0. The van der Waals surface area contributed by atoms with Crippen molar-refractivity contribution >= 4 is 5.97 Å². The number of hydrogen-bond donors (Lipinski definition) is 0. The van der Waals surface area contributed by atoms with Gasteiger partial charge in [-0.3, -0.25) is 0 Å². The lowest BCUT2D eigenvalue weighted by Crippen LogP contribution is -2.13. The van der Waals surface area contributed by atoms with Gasteiger partial charge in [0.2, 0.25) is 0 Å². The van der Waals surface area contributed by atoms with Gasteiger partial charge >= 0.3 is 5.97 Å². The van der Waals surface area contributed by atoms with E-state index in [4.69, 9.17) is 14.2 Å². The van der Waals surface area contributed by atoms with Crippen LogP contribution in [0.2, 0.25) is 0 Å². The van der Waals surface area contributed by atoms with Gasteiger partial charge in [0.25, 0.3) is 0 Å². The Bertz CT molecular complexity index is 226. The molecule has 0 aromatic carbocycles. The molecule has 0 N–H and O–H groups in total. The van der Waals surface area contributed by atoms with Crippen molar-refractivity contribution in [2.24, 2.45) is 0 Å². The maximum absolute atomic E-state index is 11.4. The summed E-state index contributed by atoms with van der Waals surface area (Å²) in [6, 6.07) is 0. The van der Waals surface area contributed by atoms with E-state index in [9.17, 15) is 4.79 Å². The van der Waals surface area contributed by atoms with Crippen LogP contribution in [0.3, 0.4) is 0 Å². The zero-order chi connectivity index (χ0) is 13.6. The van der Waals surface area contributed by atoms with Gasteiger partial charge in [-0.15, -0.1) is 0 Å². The van der Waals surface area contributed by atoms with E-state index >= 15 is 0 Å². The minimum absolute atomic E-state index is 0.156. The summed E-state index contributed by atoms with van der Waals surface area (Å²) in [5.41, 5.74) is 0.332. The number of carbonyl (C=O) groups is 1. The molecule has 0 aliphatic carbocycles. The minimum Gasteiger partial charge on any atom is -0.462 e. The van der Waals surface area contributed by atoms with Crippen LogP contribution in [0.4, 0.5) is 0 Å². The second kappa shape index (κ2) is 12.6. The van der Waals surface area contributed by atoms with Gasteiger partial charge in [0, 0.05) is 7.11 Å². The van der Waals surface area contributed by atoms with Crippen molar-refractivity contribution in [1.82, 2.24) is 0 Å². The molecular formula is C14H26O4. The van der Waals surface area contributed by atoms with E-state index in [1.165, 1.54) is 32.8 Å². The molecule has 0 heterocycles. The SMILES string of the molecule is C=C(COCOC)C(=O)OCCCCCCCC. The summed E-state index contributed by atoms with van der Waals surface area (Å²) in [6.45, 7) is 6.58. The fraction of sp³-hybridized carbons (Fsp3) is 0.786. The van der Waals surface area contributed by atoms with E-state index < -0.39 is 0 Å². The third-order valence-corrected chi connectivity index (χ3v) is 2.50. The molecule has 0 saturated heterocycles. The van der Waals surface area contributed by atoms with Crippen LogP contribution in [-0.2, 0) is 19.0 Å². The van der Waals surface area contributed by atoms with Crippen molar-refractivity contribution in [3.8, 4) is 0 Å². The molecule has 0 rings (SSSR count). The van der Waals surface area contributed by atoms with Crippen molar-refractivity contribution in [3.63, 3.8) is 0 Å². The first kappa shape index (κ1) is 17.1. The number of ether oxygens (including phenoxy) is 3. The Morgan fingerprint density at radius 3 is 2.44 bits per heavy atom. The molecule has 4 heteroatoms. The Kier molecular flexibility index (Phi) is 12.0. The zero-order valence-corrected chi connectivity index (χ0v) is 11.7. The number of unbranched alkanes of at least 4 members (excludes halogenated alkanes) is 5. The number of hydrogen-bond acceptors (Lipinski definition) is 4. The Balaban J connectivity index is 3.38. The molecule has 0 aliphatic heterocycles. The smallest absolute Gasteiger partial charge is 0.335 e. The third-order valence-electron chi connectivity index (χ3n) is 2.50. The highest BCUT2D eigenvalue weighted by Gasteiger charge is 2.08. The first-order valence-corrected chi connectivity index (χ1v) is 6.64. The molecule has 0 saturated carbocycles. The molecule has 4 nitrogen and oxygen atoms in total. The van der Waals surface area contributed by atoms with Gasteiger partial charge in [-0.05, 0) is 6.42 Å². The monoisotopic (exact) mass is 258 g/mol. The van der Waals surface area contributed by atoms with Crippen molar-refractivity contribution in [3.05, 3.63) is 12.2 Å². The maximum atomic E-state index is 11.4. The Hall–Kier alpha value is -0.870. The van der Waals surface area contributed by atoms with Crippen LogP contribution in [0.25, 0.3) is 0 Å². The van der Waals surface area contributed by atoms with Gasteiger partial charge < -0.3 is 14.2 Å². The van der Waals surface area contributed by atoms with Crippen LogP contribution in [0.1, 0.15) is 45.4 Å². The second-order valence-corrected chi connectivity index (χ2v) is 4.26. The lowest BCUT2D eigenvalue weighted by Gasteiger charge is -2.07. The molecule has 0 atom stereocenters. The highest BCUT2D eigenvalue weighted by molar-refractivity contribution is 5.87. The van der Waals surface area contributed by atoms with Crippen LogP contribution < -0.4 is 0 Å². The summed E-state index contributed by atoms with van der Waals surface area (Å²) < 4.78 is 14.8. The van der Waals surface area contributed by atoms with E-state index in [0.29, 0.717) is 12.2 Å². The predicted octanol–water partition coefficient (Wildman–Crippen LogP) is 3.07. The van der Waals surface area contributed by atoms with E-state index in [0.717, 1.165) is 12.8 Å². The molecular weight excluding hydrogens is 232 g/mol. The van der Waals surface area contributed by atoms with E-state index in [-0.39, 0.29) is 19.4 Å². The average Bonchev–Trinajstić information content (AvgIpc) is 2.37. The van der Waals surface area contributed by atoms with Crippen molar-refractivity contribution < 1.29 is 19.0 Å². The number of carbonyl (C=O) groups excluding carboxylic acids is 1. The molecule has 0 spiro atoms. The highest BCUT2D eigenvalue weighted by Crippen LogP contribution is 2.05. The van der Waals surface area contributed by atoms with E-state index in [1.54, 1.807) is 0 Å². The average molecular weight is 258 g/mol. The quantitative estimate of drug-likeness (QED) is 0.233. The minimum atomic E-state index is -0.375. The molecule has 0 radical (unpaired) electrons. The first-order valence-electron chi connectivity index (χ1n) is 6.64.